The summed E-state index contributed by atoms with van der Waals surface area (Å²) < 4.78 is 0. The van der Waals surface area contributed by atoms with Gasteiger partial charge in [0.1, 0.15) is 5.54 Å². The summed E-state index contributed by atoms with van der Waals surface area (Å²) in [6.45, 7) is 8.04. The Kier molecular flexibility index (Phi) is 5.08. The van der Waals surface area contributed by atoms with Crippen molar-refractivity contribution in [3.63, 3.8) is 0 Å². The first-order chi connectivity index (χ1) is 9.88. The molecule has 0 bridgehead atoms. The van der Waals surface area contributed by atoms with Crippen LogP contribution in [0.1, 0.15) is 39.5 Å². The summed E-state index contributed by atoms with van der Waals surface area (Å²) in [7, 11) is 0. The quantitative estimate of drug-likeness (QED) is 0.822. The van der Waals surface area contributed by atoms with Crippen molar-refractivity contribution in [2.24, 2.45) is 5.92 Å². The molecule has 120 valence electrons. The zero-order valence-corrected chi connectivity index (χ0v) is 13.1. The van der Waals surface area contributed by atoms with Gasteiger partial charge in [-0.15, -0.1) is 0 Å². The molecule has 0 radical (unpaired) electrons. The summed E-state index contributed by atoms with van der Waals surface area (Å²) in [6.07, 6.45) is 4.64. The Balaban J connectivity index is 1.75. The Morgan fingerprint density at radius 1 is 1.14 bits per heavy atom. The van der Waals surface area contributed by atoms with Gasteiger partial charge in [-0.1, -0.05) is 0 Å². The van der Waals surface area contributed by atoms with Gasteiger partial charge >= 0.3 is 12.0 Å². The summed E-state index contributed by atoms with van der Waals surface area (Å²) in [5.74, 6) is -0.348. The third kappa shape index (κ3) is 4.33. The first-order valence-electron chi connectivity index (χ1n) is 7.91. The molecule has 21 heavy (non-hydrogen) atoms. The number of hydrogen-bond donors (Lipinski definition) is 2. The maximum atomic E-state index is 12.1. The standard InChI is InChI=1S/C15H27N3O3/c1-15(2,13(19)20)16-14(21)18-9-5-12(6-10-18)11-17-7-3-4-8-17/h12H,3-11H2,1-2H3,(H,16,21)(H,19,20). The van der Waals surface area contributed by atoms with Gasteiger partial charge in [-0.25, -0.2) is 9.59 Å². The molecule has 2 rings (SSSR count). The Hall–Kier alpha value is -1.30. The highest BCUT2D eigenvalue weighted by Crippen LogP contribution is 2.21. The second-order valence-electron chi connectivity index (χ2n) is 6.80. The number of likely N-dealkylation sites (tertiary alicyclic amines) is 2. The molecule has 2 amide bonds. The molecule has 0 aromatic carbocycles. The van der Waals surface area contributed by atoms with E-state index in [0.29, 0.717) is 5.92 Å². The average Bonchev–Trinajstić information content (AvgIpc) is 2.91. The van der Waals surface area contributed by atoms with Gasteiger partial charge in [-0.2, -0.15) is 0 Å². The van der Waals surface area contributed by atoms with Crippen molar-refractivity contribution in [3.8, 4) is 0 Å². The van der Waals surface area contributed by atoms with Gasteiger partial charge in [-0.3, -0.25) is 0 Å². The van der Waals surface area contributed by atoms with Crippen molar-refractivity contribution < 1.29 is 14.7 Å². The van der Waals surface area contributed by atoms with Crippen molar-refractivity contribution in [1.82, 2.24) is 15.1 Å². The zero-order valence-electron chi connectivity index (χ0n) is 13.1. The van der Waals surface area contributed by atoms with Crippen LogP contribution in [-0.4, -0.2) is 65.2 Å². The summed E-state index contributed by atoms with van der Waals surface area (Å²) in [5, 5.41) is 11.6. The number of hydrogen-bond acceptors (Lipinski definition) is 3. The van der Waals surface area contributed by atoms with E-state index >= 15 is 0 Å². The Morgan fingerprint density at radius 3 is 2.24 bits per heavy atom. The molecule has 0 unspecified atom stereocenters. The van der Waals surface area contributed by atoms with Crippen LogP contribution in [0.2, 0.25) is 0 Å². The van der Waals surface area contributed by atoms with E-state index in [1.807, 2.05) is 0 Å². The van der Waals surface area contributed by atoms with Crippen molar-refractivity contribution in [3.05, 3.63) is 0 Å². The molecule has 0 aliphatic carbocycles. The van der Waals surface area contributed by atoms with Gasteiger partial charge < -0.3 is 20.2 Å². The lowest BCUT2D eigenvalue weighted by molar-refractivity contribution is -0.143. The summed E-state index contributed by atoms with van der Waals surface area (Å²) in [6, 6.07) is -0.262. The van der Waals surface area contributed by atoms with Gasteiger partial charge in [0.15, 0.2) is 0 Å². The number of rotatable bonds is 4. The van der Waals surface area contributed by atoms with Crippen LogP contribution in [-0.2, 0) is 4.79 Å². The monoisotopic (exact) mass is 297 g/mol. The van der Waals surface area contributed by atoms with Gasteiger partial charge in [0.05, 0.1) is 0 Å². The van der Waals surface area contributed by atoms with Crippen LogP contribution in [0, 0.1) is 5.92 Å². The van der Waals surface area contributed by atoms with Crippen LogP contribution < -0.4 is 5.32 Å². The molecule has 2 aliphatic rings. The topological polar surface area (TPSA) is 72.9 Å². The number of carbonyl (C=O) groups excluding carboxylic acids is 1. The highest BCUT2D eigenvalue weighted by molar-refractivity contribution is 5.85. The summed E-state index contributed by atoms with van der Waals surface area (Å²) in [5.41, 5.74) is -1.22. The number of carbonyl (C=O) groups is 2. The number of piperidine rings is 1. The van der Waals surface area contributed by atoms with E-state index in [2.05, 4.69) is 10.2 Å². The zero-order chi connectivity index (χ0) is 15.5. The fourth-order valence-corrected chi connectivity index (χ4v) is 3.05. The predicted molar refractivity (Wildman–Crippen MR) is 80.2 cm³/mol. The lowest BCUT2D eigenvalue weighted by Gasteiger charge is -2.35. The van der Waals surface area contributed by atoms with Crippen LogP contribution in [0.25, 0.3) is 0 Å². The molecule has 2 N–H and O–H groups in total. The number of nitrogens with zero attached hydrogens (tertiary/aromatic N) is 2. The van der Waals surface area contributed by atoms with E-state index in [1.54, 1.807) is 4.90 Å². The van der Waals surface area contributed by atoms with E-state index in [9.17, 15) is 9.59 Å². The Bertz CT molecular complexity index is 384. The van der Waals surface area contributed by atoms with Crippen LogP contribution >= 0.6 is 0 Å². The number of urea groups is 1. The second kappa shape index (κ2) is 6.64. The van der Waals surface area contributed by atoms with E-state index in [1.165, 1.54) is 39.8 Å². The van der Waals surface area contributed by atoms with Gasteiger partial charge in [0.2, 0.25) is 0 Å². The largest absolute Gasteiger partial charge is 0.480 e. The minimum absolute atomic E-state index is 0.262. The number of carboxylic acids is 1. The first-order valence-corrected chi connectivity index (χ1v) is 7.91. The smallest absolute Gasteiger partial charge is 0.328 e. The molecular weight excluding hydrogens is 270 g/mol. The molecule has 0 atom stereocenters. The van der Waals surface area contributed by atoms with Crippen LogP contribution in [0.3, 0.4) is 0 Å². The highest BCUT2D eigenvalue weighted by atomic mass is 16.4. The third-order valence-corrected chi connectivity index (χ3v) is 4.57. The van der Waals surface area contributed by atoms with Crippen molar-refractivity contribution in [2.75, 3.05) is 32.7 Å². The normalized spacial score (nSPS) is 21.5. The van der Waals surface area contributed by atoms with Gasteiger partial charge in [0.25, 0.3) is 0 Å². The molecule has 2 saturated heterocycles. The van der Waals surface area contributed by atoms with Crippen LogP contribution in [0.4, 0.5) is 4.79 Å². The van der Waals surface area contributed by atoms with Crippen molar-refractivity contribution in [2.45, 2.75) is 45.1 Å². The van der Waals surface area contributed by atoms with Crippen molar-refractivity contribution in [1.29, 1.82) is 0 Å². The lowest BCUT2D eigenvalue weighted by Crippen LogP contribution is -2.55. The molecule has 6 nitrogen and oxygen atoms in total. The van der Waals surface area contributed by atoms with Crippen LogP contribution in [0.5, 0.6) is 0 Å². The average molecular weight is 297 g/mol. The molecule has 2 heterocycles. The highest BCUT2D eigenvalue weighted by Gasteiger charge is 2.32. The van der Waals surface area contributed by atoms with E-state index < -0.39 is 11.5 Å². The molecule has 2 aliphatic heterocycles. The fraction of sp³-hybridized carbons (Fsp3) is 0.867. The Morgan fingerprint density at radius 2 is 1.71 bits per heavy atom. The maximum Gasteiger partial charge on any atom is 0.328 e. The number of aliphatic carboxylic acids is 1. The van der Waals surface area contributed by atoms with E-state index in [0.717, 1.165) is 32.5 Å². The molecular formula is C15H27N3O3. The summed E-state index contributed by atoms with van der Waals surface area (Å²) in [4.78, 5) is 27.4. The summed E-state index contributed by atoms with van der Waals surface area (Å²) >= 11 is 0. The van der Waals surface area contributed by atoms with Gasteiger partial charge in [-0.05, 0) is 58.5 Å². The molecule has 6 heteroatoms. The van der Waals surface area contributed by atoms with Crippen LogP contribution in [0.15, 0.2) is 0 Å². The second-order valence-corrected chi connectivity index (χ2v) is 6.80. The van der Waals surface area contributed by atoms with E-state index in [-0.39, 0.29) is 6.03 Å². The first kappa shape index (κ1) is 16.1. The molecule has 0 spiro atoms. The molecule has 2 fully saturated rings. The molecule has 0 aromatic rings. The number of nitrogens with one attached hydrogen (secondary N) is 1. The minimum atomic E-state index is -1.22. The fourth-order valence-electron chi connectivity index (χ4n) is 3.05. The molecule has 0 saturated carbocycles. The Labute approximate surface area is 126 Å². The van der Waals surface area contributed by atoms with E-state index in [4.69, 9.17) is 5.11 Å². The van der Waals surface area contributed by atoms with Crippen molar-refractivity contribution >= 4 is 12.0 Å². The lowest BCUT2D eigenvalue weighted by atomic mass is 9.96. The molecule has 0 aromatic heterocycles. The maximum absolute atomic E-state index is 12.1. The SMILES string of the molecule is CC(C)(NC(=O)N1CCC(CN2CCCC2)CC1)C(=O)O. The minimum Gasteiger partial charge on any atom is -0.480 e. The number of carboxylic acid groups (broad SMARTS) is 1. The number of amides is 2. The third-order valence-electron chi connectivity index (χ3n) is 4.57. The predicted octanol–water partition coefficient (Wildman–Crippen LogP) is 1.37. The van der Waals surface area contributed by atoms with Gasteiger partial charge in [0, 0.05) is 19.6 Å².